The lowest BCUT2D eigenvalue weighted by Gasteiger charge is -2.00. The molecule has 0 aliphatic rings. The number of hydrogen-bond donors (Lipinski definition) is 0. The Kier molecular flexibility index (Phi) is 1.47. The van der Waals surface area contributed by atoms with E-state index in [2.05, 4.69) is 15.2 Å². The summed E-state index contributed by atoms with van der Waals surface area (Å²) in [6, 6.07) is 2.12. The van der Waals surface area contributed by atoms with E-state index in [-0.39, 0.29) is 0 Å². The molecule has 15 heavy (non-hydrogen) atoms. The Morgan fingerprint density at radius 1 is 1.13 bits per heavy atom. The second-order valence-corrected chi connectivity index (χ2v) is 3.07. The first-order valence-corrected chi connectivity index (χ1v) is 4.19. The SMILES string of the molecule is Fc1cc2ncc3nncn3c2cc1F. The molecular formula is C9H4F2N4. The molecule has 0 aliphatic carbocycles. The molecule has 0 aliphatic heterocycles. The maximum absolute atomic E-state index is 13.0. The van der Waals surface area contributed by atoms with Crippen molar-refractivity contribution in [2.45, 2.75) is 0 Å². The number of benzene rings is 1. The highest BCUT2D eigenvalue weighted by molar-refractivity contribution is 5.77. The van der Waals surface area contributed by atoms with Crippen molar-refractivity contribution < 1.29 is 8.78 Å². The molecule has 74 valence electrons. The van der Waals surface area contributed by atoms with Gasteiger partial charge in [-0.25, -0.2) is 8.78 Å². The van der Waals surface area contributed by atoms with Gasteiger partial charge in [-0.3, -0.25) is 9.38 Å². The smallest absolute Gasteiger partial charge is 0.179 e. The van der Waals surface area contributed by atoms with Crippen LogP contribution in [-0.2, 0) is 0 Å². The molecule has 0 amide bonds. The fraction of sp³-hybridized carbons (Fsp3) is 0. The third-order valence-electron chi connectivity index (χ3n) is 2.17. The Bertz CT molecular complexity index is 662. The summed E-state index contributed by atoms with van der Waals surface area (Å²) in [6.45, 7) is 0. The van der Waals surface area contributed by atoms with Crippen molar-refractivity contribution in [3.05, 3.63) is 36.3 Å². The Hall–Kier alpha value is -2.11. The van der Waals surface area contributed by atoms with Gasteiger partial charge in [0.2, 0.25) is 0 Å². The molecule has 0 fully saturated rings. The van der Waals surface area contributed by atoms with Crippen LogP contribution in [0.4, 0.5) is 8.78 Å². The minimum absolute atomic E-state index is 0.362. The highest BCUT2D eigenvalue weighted by Crippen LogP contribution is 2.17. The maximum atomic E-state index is 13.0. The quantitative estimate of drug-likeness (QED) is 0.560. The zero-order chi connectivity index (χ0) is 10.4. The Labute approximate surface area is 82.2 Å². The summed E-state index contributed by atoms with van der Waals surface area (Å²) in [5.74, 6) is -1.83. The second-order valence-electron chi connectivity index (χ2n) is 3.07. The van der Waals surface area contributed by atoms with E-state index >= 15 is 0 Å². The molecule has 0 unspecified atom stereocenters. The zero-order valence-electron chi connectivity index (χ0n) is 7.35. The van der Waals surface area contributed by atoms with Gasteiger partial charge in [-0.15, -0.1) is 10.2 Å². The van der Waals surface area contributed by atoms with Crippen molar-refractivity contribution >= 4 is 16.7 Å². The van der Waals surface area contributed by atoms with Gasteiger partial charge in [0.15, 0.2) is 17.3 Å². The van der Waals surface area contributed by atoms with Crippen LogP contribution in [0.1, 0.15) is 0 Å². The summed E-state index contributed by atoms with van der Waals surface area (Å²) in [4.78, 5) is 3.95. The molecule has 2 aromatic heterocycles. The predicted octanol–water partition coefficient (Wildman–Crippen LogP) is 1.56. The molecule has 3 aromatic rings. The van der Waals surface area contributed by atoms with Gasteiger partial charge >= 0.3 is 0 Å². The summed E-state index contributed by atoms with van der Waals surface area (Å²) in [5.41, 5.74) is 1.30. The summed E-state index contributed by atoms with van der Waals surface area (Å²) in [5, 5.41) is 7.42. The highest BCUT2D eigenvalue weighted by atomic mass is 19.2. The Balaban J connectivity index is 2.57. The van der Waals surface area contributed by atoms with Crippen LogP contribution >= 0.6 is 0 Å². The van der Waals surface area contributed by atoms with E-state index in [1.54, 1.807) is 4.40 Å². The van der Waals surface area contributed by atoms with Crippen LogP contribution < -0.4 is 0 Å². The van der Waals surface area contributed by atoms with Crippen LogP contribution in [0.15, 0.2) is 24.7 Å². The fourth-order valence-corrected chi connectivity index (χ4v) is 1.47. The Morgan fingerprint density at radius 3 is 2.80 bits per heavy atom. The van der Waals surface area contributed by atoms with Gasteiger partial charge in [0, 0.05) is 12.1 Å². The van der Waals surface area contributed by atoms with Crippen LogP contribution in [0, 0.1) is 11.6 Å². The molecule has 0 bridgehead atoms. The monoisotopic (exact) mass is 206 g/mol. The van der Waals surface area contributed by atoms with Gasteiger partial charge in [-0.1, -0.05) is 0 Å². The van der Waals surface area contributed by atoms with Gasteiger partial charge in [-0.2, -0.15) is 0 Å². The predicted molar refractivity (Wildman–Crippen MR) is 48.2 cm³/mol. The molecule has 0 saturated carbocycles. The minimum Gasteiger partial charge on any atom is -0.279 e. The van der Waals surface area contributed by atoms with E-state index in [1.807, 2.05) is 0 Å². The third kappa shape index (κ3) is 1.08. The fourth-order valence-electron chi connectivity index (χ4n) is 1.47. The van der Waals surface area contributed by atoms with Gasteiger partial charge in [0.05, 0.1) is 17.2 Å². The third-order valence-corrected chi connectivity index (χ3v) is 2.17. The van der Waals surface area contributed by atoms with Crippen LogP contribution in [0.3, 0.4) is 0 Å². The van der Waals surface area contributed by atoms with Crippen molar-refractivity contribution in [3.63, 3.8) is 0 Å². The number of rotatable bonds is 0. The topological polar surface area (TPSA) is 43.1 Å². The van der Waals surface area contributed by atoms with Gasteiger partial charge in [0.25, 0.3) is 0 Å². The van der Waals surface area contributed by atoms with Crippen LogP contribution in [0.5, 0.6) is 0 Å². The maximum Gasteiger partial charge on any atom is 0.179 e. The molecular weight excluding hydrogens is 202 g/mol. The summed E-state index contributed by atoms with van der Waals surface area (Å²) >= 11 is 0. The van der Waals surface area contributed by atoms with Crippen molar-refractivity contribution in [1.82, 2.24) is 19.6 Å². The van der Waals surface area contributed by atoms with Gasteiger partial charge < -0.3 is 0 Å². The summed E-state index contributed by atoms with van der Waals surface area (Å²) < 4.78 is 27.5. The van der Waals surface area contributed by atoms with E-state index in [4.69, 9.17) is 0 Å². The molecule has 0 spiro atoms. The van der Waals surface area contributed by atoms with E-state index in [9.17, 15) is 8.78 Å². The average molecular weight is 206 g/mol. The first-order valence-electron chi connectivity index (χ1n) is 4.19. The average Bonchev–Trinajstić information content (AvgIpc) is 2.68. The normalized spacial score (nSPS) is 11.3. The molecule has 0 radical (unpaired) electrons. The molecule has 2 heterocycles. The van der Waals surface area contributed by atoms with Crippen LogP contribution in [0.25, 0.3) is 16.7 Å². The minimum atomic E-state index is -0.914. The number of fused-ring (bicyclic) bond motifs is 3. The van der Waals surface area contributed by atoms with E-state index in [0.717, 1.165) is 12.1 Å². The zero-order valence-corrected chi connectivity index (χ0v) is 7.35. The van der Waals surface area contributed by atoms with Crippen molar-refractivity contribution in [3.8, 4) is 0 Å². The number of nitrogens with zero attached hydrogens (tertiary/aromatic N) is 4. The lowest BCUT2D eigenvalue weighted by atomic mass is 10.3. The van der Waals surface area contributed by atoms with Gasteiger partial charge in [-0.05, 0) is 0 Å². The molecule has 1 aromatic carbocycles. The molecule has 3 rings (SSSR count). The van der Waals surface area contributed by atoms with Crippen molar-refractivity contribution in [1.29, 1.82) is 0 Å². The summed E-state index contributed by atoms with van der Waals surface area (Å²) in [6.07, 6.45) is 2.88. The number of aromatic nitrogens is 4. The van der Waals surface area contributed by atoms with Gasteiger partial charge in [0.1, 0.15) is 6.33 Å². The largest absolute Gasteiger partial charge is 0.279 e. The highest BCUT2D eigenvalue weighted by Gasteiger charge is 2.08. The number of hydrogen-bond acceptors (Lipinski definition) is 3. The lowest BCUT2D eigenvalue weighted by Crippen LogP contribution is -1.93. The molecule has 0 atom stereocenters. The van der Waals surface area contributed by atoms with Crippen molar-refractivity contribution in [2.24, 2.45) is 0 Å². The summed E-state index contributed by atoms with van der Waals surface area (Å²) in [7, 11) is 0. The standard InChI is InChI=1S/C9H4F2N4/c10-5-1-7-8(2-6(5)11)15-4-13-14-9(15)3-12-7/h1-4H. The molecule has 6 heteroatoms. The molecule has 0 saturated heterocycles. The van der Waals surface area contributed by atoms with E-state index < -0.39 is 11.6 Å². The first kappa shape index (κ1) is 8.22. The Morgan fingerprint density at radius 2 is 1.93 bits per heavy atom. The second kappa shape index (κ2) is 2.69. The van der Waals surface area contributed by atoms with Crippen molar-refractivity contribution in [2.75, 3.05) is 0 Å². The molecule has 4 nitrogen and oxygen atoms in total. The lowest BCUT2D eigenvalue weighted by molar-refractivity contribution is 0.510. The van der Waals surface area contributed by atoms with Crippen LogP contribution in [0.2, 0.25) is 0 Å². The first-order chi connectivity index (χ1) is 7.25. The van der Waals surface area contributed by atoms with Crippen LogP contribution in [-0.4, -0.2) is 19.6 Å². The van der Waals surface area contributed by atoms with E-state index in [0.29, 0.717) is 16.7 Å². The number of halogens is 2. The van der Waals surface area contributed by atoms with E-state index in [1.165, 1.54) is 12.5 Å². The molecule has 0 N–H and O–H groups in total.